The van der Waals surface area contributed by atoms with Gasteiger partial charge in [-0.15, -0.1) is 0 Å². The molecule has 0 bridgehead atoms. The molecule has 0 amide bonds. The van der Waals surface area contributed by atoms with Crippen molar-refractivity contribution in [1.82, 2.24) is 9.55 Å². The molecule has 2 unspecified atom stereocenters. The van der Waals surface area contributed by atoms with E-state index in [0.29, 0.717) is 5.92 Å². The lowest BCUT2D eigenvalue weighted by atomic mass is 9.98. The third-order valence-corrected chi connectivity index (χ3v) is 3.97. The van der Waals surface area contributed by atoms with Crippen LogP contribution in [0.5, 0.6) is 5.75 Å². The van der Waals surface area contributed by atoms with Crippen LogP contribution in [-0.4, -0.2) is 22.7 Å². The Morgan fingerprint density at radius 1 is 1.40 bits per heavy atom. The Morgan fingerprint density at radius 3 is 2.95 bits per heavy atom. The molecule has 20 heavy (non-hydrogen) atoms. The molecule has 2 atom stereocenters. The standard InChI is InChI=1S/C16H21N3O/c1-10-4-5-15(20-3)13(6-10)14-9-19-8-12(17)7-11(2)16(19)18-14/h4-6,9,11-12H,7-8,17H2,1-3H3. The molecule has 0 saturated heterocycles. The van der Waals surface area contributed by atoms with Crippen LogP contribution < -0.4 is 10.5 Å². The average molecular weight is 271 g/mol. The molecular formula is C16H21N3O. The number of nitrogens with two attached hydrogens (primary N) is 1. The molecule has 3 rings (SSSR count). The molecule has 2 heterocycles. The van der Waals surface area contributed by atoms with Crippen LogP contribution in [0.1, 0.15) is 30.7 Å². The van der Waals surface area contributed by atoms with E-state index >= 15 is 0 Å². The second kappa shape index (κ2) is 4.94. The van der Waals surface area contributed by atoms with E-state index in [1.807, 2.05) is 6.07 Å². The van der Waals surface area contributed by atoms with Crippen molar-refractivity contribution in [3.63, 3.8) is 0 Å². The van der Waals surface area contributed by atoms with Crippen molar-refractivity contribution in [2.24, 2.45) is 5.73 Å². The summed E-state index contributed by atoms with van der Waals surface area (Å²) in [4.78, 5) is 4.81. The number of hydrogen-bond donors (Lipinski definition) is 1. The Hall–Kier alpha value is -1.81. The minimum Gasteiger partial charge on any atom is -0.496 e. The van der Waals surface area contributed by atoms with Crippen LogP contribution in [0.3, 0.4) is 0 Å². The van der Waals surface area contributed by atoms with Gasteiger partial charge in [0, 0.05) is 30.3 Å². The van der Waals surface area contributed by atoms with Gasteiger partial charge in [0.2, 0.25) is 0 Å². The number of imidazole rings is 1. The highest BCUT2D eigenvalue weighted by Crippen LogP contribution is 2.33. The maximum absolute atomic E-state index is 6.09. The Kier molecular flexibility index (Phi) is 3.26. The molecular weight excluding hydrogens is 250 g/mol. The summed E-state index contributed by atoms with van der Waals surface area (Å²) >= 11 is 0. The second-order valence-electron chi connectivity index (χ2n) is 5.74. The van der Waals surface area contributed by atoms with Crippen molar-refractivity contribution >= 4 is 0 Å². The zero-order valence-corrected chi connectivity index (χ0v) is 12.3. The summed E-state index contributed by atoms with van der Waals surface area (Å²) in [5.41, 5.74) is 9.32. The zero-order chi connectivity index (χ0) is 14.3. The third-order valence-electron chi connectivity index (χ3n) is 3.97. The van der Waals surface area contributed by atoms with E-state index in [1.165, 1.54) is 5.56 Å². The van der Waals surface area contributed by atoms with E-state index in [-0.39, 0.29) is 6.04 Å². The fourth-order valence-electron chi connectivity index (χ4n) is 3.01. The number of methoxy groups -OCH3 is 1. The molecule has 0 saturated carbocycles. The molecule has 2 aromatic rings. The first-order valence-electron chi connectivity index (χ1n) is 7.06. The van der Waals surface area contributed by atoms with Gasteiger partial charge in [-0.1, -0.05) is 18.6 Å². The van der Waals surface area contributed by atoms with Crippen molar-refractivity contribution in [3.05, 3.63) is 35.8 Å². The summed E-state index contributed by atoms with van der Waals surface area (Å²) in [7, 11) is 1.70. The monoisotopic (exact) mass is 271 g/mol. The molecule has 106 valence electrons. The van der Waals surface area contributed by atoms with Crippen molar-refractivity contribution in [2.75, 3.05) is 7.11 Å². The molecule has 0 spiro atoms. The van der Waals surface area contributed by atoms with Gasteiger partial charge >= 0.3 is 0 Å². The van der Waals surface area contributed by atoms with Crippen LogP contribution in [0.4, 0.5) is 0 Å². The van der Waals surface area contributed by atoms with Gasteiger partial charge in [-0.05, 0) is 25.5 Å². The second-order valence-corrected chi connectivity index (χ2v) is 5.74. The Balaban J connectivity index is 2.08. The van der Waals surface area contributed by atoms with E-state index < -0.39 is 0 Å². The molecule has 4 heteroatoms. The van der Waals surface area contributed by atoms with Crippen molar-refractivity contribution in [2.45, 2.75) is 38.8 Å². The lowest BCUT2D eigenvalue weighted by Crippen LogP contribution is -2.33. The number of benzene rings is 1. The fourth-order valence-corrected chi connectivity index (χ4v) is 3.01. The van der Waals surface area contributed by atoms with Crippen LogP contribution in [-0.2, 0) is 6.54 Å². The normalized spacial score (nSPS) is 21.6. The highest BCUT2D eigenvalue weighted by molar-refractivity contribution is 5.68. The molecule has 1 aromatic heterocycles. The lowest BCUT2D eigenvalue weighted by molar-refractivity contribution is 0.407. The molecule has 1 aromatic carbocycles. The number of ether oxygens (including phenoxy) is 1. The average Bonchev–Trinajstić information content (AvgIpc) is 2.82. The van der Waals surface area contributed by atoms with Gasteiger partial charge in [0.25, 0.3) is 0 Å². The first-order chi connectivity index (χ1) is 9.58. The minimum absolute atomic E-state index is 0.221. The van der Waals surface area contributed by atoms with Crippen LogP contribution in [0.15, 0.2) is 24.4 Å². The number of hydrogen-bond acceptors (Lipinski definition) is 3. The molecule has 0 radical (unpaired) electrons. The Morgan fingerprint density at radius 2 is 2.20 bits per heavy atom. The predicted molar refractivity (Wildman–Crippen MR) is 80.0 cm³/mol. The molecule has 1 aliphatic heterocycles. The maximum atomic E-state index is 6.09. The molecule has 4 nitrogen and oxygen atoms in total. The van der Waals surface area contributed by atoms with Crippen molar-refractivity contribution in [1.29, 1.82) is 0 Å². The molecule has 1 aliphatic rings. The zero-order valence-electron chi connectivity index (χ0n) is 12.3. The summed E-state index contributed by atoms with van der Waals surface area (Å²) in [5.74, 6) is 2.40. The quantitative estimate of drug-likeness (QED) is 0.913. The number of nitrogens with zero attached hydrogens (tertiary/aromatic N) is 2. The van der Waals surface area contributed by atoms with Gasteiger partial charge in [-0.2, -0.15) is 0 Å². The van der Waals surface area contributed by atoms with Gasteiger partial charge in [-0.25, -0.2) is 4.98 Å². The minimum atomic E-state index is 0.221. The predicted octanol–water partition coefficient (Wildman–Crippen LogP) is 2.70. The van der Waals surface area contributed by atoms with Gasteiger partial charge in [0.15, 0.2) is 0 Å². The van der Waals surface area contributed by atoms with Crippen molar-refractivity contribution in [3.8, 4) is 17.0 Å². The molecule has 0 aliphatic carbocycles. The summed E-state index contributed by atoms with van der Waals surface area (Å²) < 4.78 is 7.65. The number of rotatable bonds is 2. The first-order valence-corrected chi connectivity index (χ1v) is 7.06. The lowest BCUT2D eigenvalue weighted by Gasteiger charge is -2.25. The summed E-state index contributed by atoms with van der Waals surface area (Å²) in [6.45, 7) is 5.12. The third kappa shape index (κ3) is 2.20. The van der Waals surface area contributed by atoms with E-state index in [0.717, 1.165) is 35.8 Å². The number of fused-ring (bicyclic) bond motifs is 1. The fraction of sp³-hybridized carbons (Fsp3) is 0.438. The highest BCUT2D eigenvalue weighted by Gasteiger charge is 2.24. The van der Waals surface area contributed by atoms with Gasteiger partial charge in [0.05, 0.1) is 12.8 Å². The molecule has 0 fully saturated rings. The van der Waals surface area contributed by atoms with Crippen LogP contribution >= 0.6 is 0 Å². The van der Waals surface area contributed by atoms with Crippen LogP contribution in [0, 0.1) is 6.92 Å². The summed E-state index contributed by atoms with van der Waals surface area (Å²) in [6.07, 6.45) is 3.10. The maximum Gasteiger partial charge on any atom is 0.128 e. The smallest absolute Gasteiger partial charge is 0.128 e. The van der Waals surface area contributed by atoms with Gasteiger partial charge < -0.3 is 15.0 Å². The van der Waals surface area contributed by atoms with Gasteiger partial charge in [0.1, 0.15) is 11.6 Å². The van der Waals surface area contributed by atoms with E-state index in [2.05, 4.69) is 36.7 Å². The largest absolute Gasteiger partial charge is 0.496 e. The summed E-state index contributed by atoms with van der Waals surface area (Å²) in [5, 5.41) is 0. The van der Waals surface area contributed by atoms with Crippen molar-refractivity contribution < 1.29 is 4.74 Å². The Labute approximate surface area is 119 Å². The SMILES string of the molecule is COc1ccc(C)cc1-c1cn2c(n1)C(C)CC(N)C2. The highest BCUT2D eigenvalue weighted by atomic mass is 16.5. The first kappa shape index (κ1) is 13.2. The number of aryl methyl sites for hydroxylation is 1. The molecule has 2 N–H and O–H groups in total. The summed E-state index contributed by atoms with van der Waals surface area (Å²) in [6, 6.07) is 6.39. The van der Waals surface area contributed by atoms with Gasteiger partial charge in [-0.3, -0.25) is 0 Å². The van der Waals surface area contributed by atoms with E-state index in [9.17, 15) is 0 Å². The number of aromatic nitrogens is 2. The van der Waals surface area contributed by atoms with Crippen LogP contribution in [0.25, 0.3) is 11.3 Å². The van der Waals surface area contributed by atoms with E-state index in [1.54, 1.807) is 7.11 Å². The van der Waals surface area contributed by atoms with Crippen LogP contribution in [0.2, 0.25) is 0 Å². The topological polar surface area (TPSA) is 53.1 Å². The van der Waals surface area contributed by atoms with E-state index in [4.69, 9.17) is 15.5 Å². The Bertz CT molecular complexity index is 633.